The molecule has 0 saturated carbocycles. The zero-order valence-corrected chi connectivity index (χ0v) is 15.3. The number of carbonyl (C=O) groups is 1. The summed E-state index contributed by atoms with van der Waals surface area (Å²) in [5, 5.41) is 6.42. The minimum atomic E-state index is 0. The van der Waals surface area contributed by atoms with Crippen molar-refractivity contribution in [3.63, 3.8) is 0 Å². The molecule has 2 N–H and O–H groups in total. The molecule has 1 amide bonds. The number of aryl methyl sites for hydroxylation is 1. The summed E-state index contributed by atoms with van der Waals surface area (Å²) in [4.78, 5) is 15.8. The zero-order chi connectivity index (χ0) is 14.8. The Morgan fingerprint density at radius 3 is 2.74 bits per heavy atom. The number of nitrogens with one attached hydrogen (secondary N) is 2. The van der Waals surface area contributed by atoms with E-state index in [1.807, 2.05) is 18.3 Å². The normalized spacial score (nSPS) is 14.4. The van der Waals surface area contributed by atoms with Gasteiger partial charge in [0.25, 0.3) is 0 Å². The molecular weight excluding hydrogens is 333 g/mol. The van der Waals surface area contributed by atoms with Crippen molar-refractivity contribution >= 4 is 30.7 Å². The van der Waals surface area contributed by atoms with Crippen LogP contribution in [-0.2, 0) is 11.2 Å². The molecule has 1 saturated heterocycles. The second-order valence-corrected chi connectivity index (χ2v) is 5.90. The molecule has 4 nitrogen and oxygen atoms in total. The van der Waals surface area contributed by atoms with Crippen molar-refractivity contribution in [2.75, 3.05) is 19.6 Å². The summed E-state index contributed by atoms with van der Waals surface area (Å²) < 4.78 is 0. The van der Waals surface area contributed by atoms with Gasteiger partial charge in [0.15, 0.2) is 0 Å². The minimum absolute atomic E-state index is 0. The number of amides is 1. The van der Waals surface area contributed by atoms with E-state index >= 15 is 0 Å². The Labute approximate surface area is 152 Å². The quantitative estimate of drug-likeness (QED) is 0.699. The Morgan fingerprint density at radius 1 is 1.26 bits per heavy atom. The predicted molar refractivity (Wildman–Crippen MR) is 99.5 cm³/mol. The number of halogens is 2. The highest BCUT2D eigenvalue weighted by Gasteiger charge is 2.12. The first-order valence-corrected chi connectivity index (χ1v) is 8.21. The molecule has 0 bridgehead atoms. The molecule has 1 aliphatic rings. The summed E-state index contributed by atoms with van der Waals surface area (Å²) in [7, 11) is 0. The number of carbonyl (C=O) groups excluding carboxylic acids is 1. The van der Waals surface area contributed by atoms with Crippen molar-refractivity contribution in [3.05, 3.63) is 30.1 Å². The number of pyridine rings is 1. The lowest BCUT2D eigenvalue weighted by atomic mass is 9.92. The molecule has 2 heterocycles. The minimum Gasteiger partial charge on any atom is -0.356 e. The van der Waals surface area contributed by atoms with Crippen LogP contribution < -0.4 is 10.6 Å². The average molecular weight is 362 g/mol. The van der Waals surface area contributed by atoms with Gasteiger partial charge in [-0.15, -0.1) is 24.8 Å². The molecule has 0 aromatic carbocycles. The van der Waals surface area contributed by atoms with Crippen LogP contribution in [0.2, 0.25) is 0 Å². The number of hydrogen-bond acceptors (Lipinski definition) is 3. The van der Waals surface area contributed by atoms with Gasteiger partial charge in [-0.05, 0) is 56.3 Å². The molecule has 0 atom stereocenters. The molecule has 0 aliphatic carbocycles. The van der Waals surface area contributed by atoms with E-state index in [0.717, 1.165) is 30.9 Å². The first-order valence-electron chi connectivity index (χ1n) is 8.21. The molecule has 2 rings (SSSR count). The van der Waals surface area contributed by atoms with Gasteiger partial charge in [-0.2, -0.15) is 0 Å². The maximum atomic E-state index is 11.7. The van der Waals surface area contributed by atoms with E-state index in [9.17, 15) is 4.79 Å². The fourth-order valence-electron chi connectivity index (χ4n) is 2.85. The largest absolute Gasteiger partial charge is 0.356 e. The summed E-state index contributed by atoms with van der Waals surface area (Å²) in [5.74, 6) is 1.05. The Morgan fingerprint density at radius 2 is 2.04 bits per heavy atom. The Balaban J connectivity index is 0.00000242. The van der Waals surface area contributed by atoms with Crippen molar-refractivity contribution in [1.29, 1.82) is 0 Å². The molecule has 1 aliphatic heterocycles. The van der Waals surface area contributed by atoms with E-state index < -0.39 is 0 Å². The van der Waals surface area contributed by atoms with Crippen molar-refractivity contribution in [2.24, 2.45) is 5.92 Å². The molecule has 0 unspecified atom stereocenters. The molecule has 1 aromatic heterocycles. The van der Waals surface area contributed by atoms with Crippen LogP contribution in [0.3, 0.4) is 0 Å². The fourth-order valence-corrected chi connectivity index (χ4v) is 2.85. The lowest BCUT2D eigenvalue weighted by Crippen LogP contribution is -2.28. The van der Waals surface area contributed by atoms with Gasteiger partial charge in [0.2, 0.25) is 5.91 Å². The SMILES string of the molecule is Cl.Cl.O=C(CCc1cccnc1)NCCCCC1CCNCC1. The van der Waals surface area contributed by atoms with Crippen molar-refractivity contribution in [1.82, 2.24) is 15.6 Å². The molecule has 6 heteroatoms. The highest BCUT2D eigenvalue weighted by atomic mass is 35.5. The van der Waals surface area contributed by atoms with Gasteiger partial charge < -0.3 is 10.6 Å². The smallest absolute Gasteiger partial charge is 0.220 e. The third kappa shape index (κ3) is 9.80. The van der Waals surface area contributed by atoms with E-state index in [4.69, 9.17) is 0 Å². The predicted octanol–water partition coefficient (Wildman–Crippen LogP) is 3.14. The third-order valence-corrected chi connectivity index (χ3v) is 4.18. The summed E-state index contributed by atoms with van der Waals surface area (Å²) in [6.45, 7) is 3.17. The van der Waals surface area contributed by atoms with Gasteiger partial charge in [0.05, 0.1) is 0 Å². The molecule has 0 spiro atoms. The molecule has 23 heavy (non-hydrogen) atoms. The van der Waals surface area contributed by atoms with Gasteiger partial charge >= 0.3 is 0 Å². The fraction of sp³-hybridized carbons (Fsp3) is 0.647. The van der Waals surface area contributed by atoms with Gasteiger partial charge in [0, 0.05) is 25.4 Å². The Hall–Kier alpha value is -0.840. The van der Waals surface area contributed by atoms with Crippen LogP contribution >= 0.6 is 24.8 Å². The van der Waals surface area contributed by atoms with Crippen LogP contribution in [0.4, 0.5) is 0 Å². The molecule has 132 valence electrons. The number of piperidine rings is 1. The average Bonchev–Trinajstić information content (AvgIpc) is 2.54. The standard InChI is InChI=1S/C17H27N3O.2ClH/c21-17(7-6-16-5-3-10-19-14-16)20-11-2-1-4-15-8-12-18-13-9-15;;/h3,5,10,14-15,18H,1-2,4,6-9,11-13H2,(H,20,21);2*1H. The third-order valence-electron chi connectivity index (χ3n) is 4.18. The first kappa shape index (κ1) is 22.2. The van der Waals surface area contributed by atoms with E-state index in [1.54, 1.807) is 6.20 Å². The van der Waals surface area contributed by atoms with Crippen LogP contribution in [-0.4, -0.2) is 30.5 Å². The first-order chi connectivity index (χ1) is 10.3. The van der Waals surface area contributed by atoms with Crippen molar-refractivity contribution in [2.45, 2.75) is 44.9 Å². The topological polar surface area (TPSA) is 54.0 Å². The van der Waals surface area contributed by atoms with E-state index in [2.05, 4.69) is 15.6 Å². The van der Waals surface area contributed by atoms with Gasteiger partial charge in [-0.1, -0.05) is 18.9 Å². The number of nitrogens with zero attached hydrogens (tertiary/aromatic N) is 1. The maximum Gasteiger partial charge on any atom is 0.220 e. The Bertz CT molecular complexity index is 412. The summed E-state index contributed by atoms with van der Waals surface area (Å²) >= 11 is 0. The number of unbranched alkanes of at least 4 members (excludes halogenated alkanes) is 1. The van der Waals surface area contributed by atoms with Crippen LogP contribution in [0.25, 0.3) is 0 Å². The highest BCUT2D eigenvalue weighted by Crippen LogP contribution is 2.18. The van der Waals surface area contributed by atoms with Crippen LogP contribution in [0, 0.1) is 5.92 Å². The second kappa shape index (κ2) is 13.6. The van der Waals surface area contributed by atoms with E-state index in [-0.39, 0.29) is 30.7 Å². The second-order valence-electron chi connectivity index (χ2n) is 5.90. The molecule has 1 fully saturated rings. The van der Waals surface area contributed by atoms with Gasteiger partial charge in [-0.3, -0.25) is 9.78 Å². The maximum absolute atomic E-state index is 11.7. The zero-order valence-electron chi connectivity index (χ0n) is 13.6. The monoisotopic (exact) mass is 361 g/mol. The highest BCUT2D eigenvalue weighted by molar-refractivity contribution is 5.85. The molecular formula is C17H29Cl2N3O. The number of aromatic nitrogens is 1. The molecule has 0 radical (unpaired) electrons. The van der Waals surface area contributed by atoms with E-state index in [1.165, 1.54) is 38.8 Å². The van der Waals surface area contributed by atoms with Crippen LogP contribution in [0.1, 0.15) is 44.1 Å². The van der Waals surface area contributed by atoms with Gasteiger partial charge in [-0.25, -0.2) is 0 Å². The number of hydrogen-bond donors (Lipinski definition) is 2. The van der Waals surface area contributed by atoms with E-state index in [0.29, 0.717) is 6.42 Å². The van der Waals surface area contributed by atoms with Crippen molar-refractivity contribution in [3.8, 4) is 0 Å². The summed E-state index contributed by atoms with van der Waals surface area (Å²) in [6, 6.07) is 3.92. The van der Waals surface area contributed by atoms with Gasteiger partial charge in [0.1, 0.15) is 0 Å². The molecule has 1 aromatic rings. The summed E-state index contributed by atoms with van der Waals surface area (Å²) in [6.07, 6.45) is 11.2. The number of rotatable bonds is 8. The lowest BCUT2D eigenvalue weighted by molar-refractivity contribution is -0.121. The van der Waals surface area contributed by atoms with Crippen LogP contribution in [0.15, 0.2) is 24.5 Å². The Kier molecular flexibility index (Phi) is 13.1. The summed E-state index contributed by atoms with van der Waals surface area (Å²) in [5.41, 5.74) is 1.12. The lowest BCUT2D eigenvalue weighted by Gasteiger charge is -2.22. The van der Waals surface area contributed by atoms with Crippen molar-refractivity contribution < 1.29 is 4.79 Å². The van der Waals surface area contributed by atoms with Crippen LogP contribution in [0.5, 0.6) is 0 Å².